The van der Waals surface area contributed by atoms with Crippen LogP contribution in [0.2, 0.25) is 0 Å². The van der Waals surface area contributed by atoms with Crippen molar-refractivity contribution in [2.24, 2.45) is 0 Å². The van der Waals surface area contributed by atoms with Crippen molar-refractivity contribution in [3.63, 3.8) is 0 Å². The highest BCUT2D eigenvalue weighted by atomic mass is 16.7. The van der Waals surface area contributed by atoms with Gasteiger partial charge < -0.3 is 40.0 Å². The lowest BCUT2D eigenvalue weighted by Gasteiger charge is -2.39. The van der Waals surface area contributed by atoms with Crippen LogP contribution in [0.3, 0.4) is 0 Å². The van der Waals surface area contributed by atoms with Gasteiger partial charge in [-0.1, -0.05) is 30.3 Å². The largest absolute Gasteiger partial charge is 0.445 e. The van der Waals surface area contributed by atoms with Crippen molar-refractivity contribution in [1.29, 1.82) is 0 Å². The normalized spacial score (nSPS) is 27.9. The molecule has 0 radical (unpaired) electrons. The van der Waals surface area contributed by atoms with Crippen LogP contribution in [0.5, 0.6) is 0 Å². The number of ether oxygens (including phenoxy) is 3. The van der Waals surface area contributed by atoms with E-state index in [4.69, 9.17) is 19.3 Å². The molecule has 1 saturated heterocycles. The van der Waals surface area contributed by atoms with Crippen molar-refractivity contribution in [1.82, 2.24) is 5.32 Å². The quantitative estimate of drug-likeness (QED) is 0.359. The van der Waals surface area contributed by atoms with Gasteiger partial charge in [-0.25, -0.2) is 4.79 Å². The third kappa shape index (κ3) is 6.73. The number of hydrogen-bond donors (Lipinski definition) is 5. The Morgan fingerprint density at radius 1 is 1.07 bits per heavy atom. The fraction of sp³-hybridized carbons (Fsp3) is 0.611. The number of amides is 1. The van der Waals surface area contributed by atoms with Gasteiger partial charge in [0.25, 0.3) is 0 Å². The van der Waals surface area contributed by atoms with Crippen LogP contribution >= 0.6 is 0 Å². The molecule has 1 amide bonds. The highest BCUT2D eigenvalue weighted by Gasteiger charge is 2.43. The molecule has 1 aromatic carbocycles. The lowest BCUT2D eigenvalue weighted by molar-refractivity contribution is -0.301. The van der Waals surface area contributed by atoms with Crippen LogP contribution in [-0.2, 0) is 20.8 Å². The topological polar surface area (TPSA) is 138 Å². The summed E-state index contributed by atoms with van der Waals surface area (Å²) >= 11 is 0. The molecular weight excluding hydrogens is 358 g/mol. The van der Waals surface area contributed by atoms with Crippen molar-refractivity contribution in [2.75, 3.05) is 19.8 Å². The van der Waals surface area contributed by atoms with Crippen molar-refractivity contribution >= 4 is 6.09 Å². The van der Waals surface area contributed by atoms with E-state index in [0.717, 1.165) is 5.56 Å². The summed E-state index contributed by atoms with van der Waals surface area (Å²) in [5.74, 6) is 0. The van der Waals surface area contributed by atoms with Crippen molar-refractivity contribution in [2.45, 2.75) is 50.2 Å². The van der Waals surface area contributed by atoms with Crippen molar-refractivity contribution in [3.05, 3.63) is 35.9 Å². The second kappa shape index (κ2) is 11.2. The van der Waals surface area contributed by atoms with E-state index in [1.807, 2.05) is 30.3 Å². The fourth-order valence-electron chi connectivity index (χ4n) is 2.60. The first-order chi connectivity index (χ1) is 13.0. The zero-order valence-corrected chi connectivity index (χ0v) is 14.9. The van der Waals surface area contributed by atoms with Gasteiger partial charge in [0.1, 0.15) is 31.0 Å². The van der Waals surface area contributed by atoms with Gasteiger partial charge in [0, 0.05) is 13.2 Å². The van der Waals surface area contributed by atoms with Gasteiger partial charge in [-0.05, 0) is 18.4 Å². The monoisotopic (exact) mass is 385 g/mol. The summed E-state index contributed by atoms with van der Waals surface area (Å²) in [7, 11) is 0. The molecule has 1 heterocycles. The molecule has 27 heavy (non-hydrogen) atoms. The molecule has 5 N–H and O–H groups in total. The van der Waals surface area contributed by atoms with Crippen LogP contribution in [-0.4, -0.2) is 77.0 Å². The molecule has 9 heteroatoms. The number of aliphatic hydroxyl groups is 4. The first-order valence-electron chi connectivity index (χ1n) is 8.89. The Bertz CT molecular complexity index is 556. The van der Waals surface area contributed by atoms with E-state index in [-0.39, 0.29) is 13.2 Å². The molecular formula is C18H27NO8. The Morgan fingerprint density at radius 3 is 2.52 bits per heavy atom. The summed E-state index contributed by atoms with van der Waals surface area (Å²) in [6.07, 6.45) is -5.73. The Labute approximate surface area is 157 Å². The summed E-state index contributed by atoms with van der Waals surface area (Å²) in [5.41, 5.74) is 0.903. The molecule has 0 spiro atoms. The fourth-order valence-corrected chi connectivity index (χ4v) is 2.60. The zero-order valence-electron chi connectivity index (χ0n) is 14.9. The Morgan fingerprint density at radius 2 is 1.81 bits per heavy atom. The third-order valence-electron chi connectivity index (χ3n) is 4.18. The summed E-state index contributed by atoms with van der Waals surface area (Å²) in [6.45, 7) is 0.307. The van der Waals surface area contributed by atoms with Gasteiger partial charge in [0.2, 0.25) is 0 Å². The van der Waals surface area contributed by atoms with E-state index in [1.165, 1.54) is 0 Å². The second-order valence-electron chi connectivity index (χ2n) is 6.26. The third-order valence-corrected chi connectivity index (χ3v) is 4.18. The second-order valence-corrected chi connectivity index (χ2v) is 6.26. The van der Waals surface area contributed by atoms with Gasteiger partial charge in [0.05, 0.1) is 6.61 Å². The Balaban J connectivity index is 1.55. The molecule has 5 atom stereocenters. The predicted octanol–water partition coefficient (Wildman–Crippen LogP) is -0.490. The lowest BCUT2D eigenvalue weighted by atomic mass is 9.99. The van der Waals surface area contributed by atoms with E-state index >= 15 is 0 Å². The number of hydrogen-bond acceptors (Lipinski definition) is 8. The number of rotatable bonds is 9. The minimum atomic E-state index is -1.46. The van der Waals surface area contributed by atoms with Crippen LogP contribution in [0.15, 0.2) is 30.3 Å². The van der Waals surface area contributed by atoms with Gasteiger partial charge in [-0.2, -0.15) is 0 Å². The van der Waals surface area contributed by atoms with Crippen LogP contribution in [0.4, 0.5) is 4.79 Å². The first-order valence-corrected chi connectivity index (χ1v) is 8.89. The number of aliphatic hydroxyl groups excluding tert-OH is 4. The van der Waals surface area contributed by atoms with Crippen molar-refractivity contribution < 1.29 is 39.4 Å². The van der Waals surface area contributed by atoms with E-state index in [2.05, 4.69) is 5.32 Å². The first kappa shape index (κ1) is 21.5. The molecule has 0 saturated carbocycles. The number of unbranched alkanes of at least 4 members (excludes halogenated alkanes) is 1. The van der Waals surface area contributed by atoms with Crippen LogP contribution in [0, 0.1) is 0 Å². The number of carbonyl (C=O) groups excluding carboxylic acids is 1. The molecule has 1 aliphatic heterocycles. The lowest BCUT2D eigenvalue weighted by Crippen LogP contribution is -2.59. The molecule has 1 fully saturated rings. The number of carbonyl (C=O) groups is 1. The summed E-state index contributed by atoms with van der Waals surface area (Å²) in [4.78, 5) is 11.6. The average Bonchev–Trinajstić information content (AvgIpc) is 2.69. The summed E-state index contributed by atoms with van der Waals surface area (Å²) < 4.78 is 15.7. The molecule has 2 rings (SSSR count). The van der Waals surface area contributed by atoms with Gasteiger partial charge >= 0.3 is 6.09 Å². The van der Waals surface area contributed by atoms with Gasteiger partial charge in [-0.15, -0.1) is 0 Å². The SMILES string of the molecule is O=C(NCCCCO[C@H]1O[C@H](CO)[C@@H](O)[C@H](O)[C@@H]1O)OCc1ccccc1. The molecule has 9 nitrogen and oxygen atoms in total. The number of nitrogens with one attached hydrogen (secondary N) is 1. The number of benzene rings is 1. The maximum Gasteiger partial charge on any atom is 0.407 e. The van der Waals surface area contributed by atoms with Crippen LogP contribution < -0.4 is 5.32 Å². The van der Waals surface area contributed by atoms with Gasteiger partial charge in [-0.3, -0.25) is 0 Å². The van der Waals surface area contributed by atoms with E-state index in [9.17, 15) is 20.1 Å². The standard InChI is InChI=1S/C18H27NO8/c20-10-13-14(21)15(22)16(23)17(27-13)25-9-5-4-8-19-18(24)26-11-12-6-2-1-3-7-12/h1-3,6-7,13-17,20-23H,4-5,8-11H2,(H,19,24)/t13-,14-,15+,16+,17+/m1/s1. The smallest absolute Gasteiger partial charge is 0.407 e. The molecule has 1 aromatic rings. The summed E-state index contributed by atoms with van der Waals surface area (Å²) in [6, 6.07) is 9.35. The van der Waals surface area contributed by atoms with E-state index < -0.39 is 43.4 Å². The Kier molecular flexibility index (Phi) is 8.92. The molecule has 152 valence electrons. The van der Waals surface area contributed by atoms with Gasteiger partial charge in [0.15, 0.2) is 6.29 Å². The molecule has 0 aromatic heterocycles. The molecule has 0 aliphatic carbocycles. The highest BCUT2D eigenvalue weighted by Crippen LogP contribution is 2.22. The average molecular weight is 385 g/mol. The minimum absolute atomic E-state index is 0.201. The van der Waals surface area contributed by atoms with Crippen LogP contribution in [0.1, 0.15) is 18.4 Å². The summed E-state index contributed by atoms with van der Waals surface area (Å²) in [5, 5.41) is 40.9. The molecule has 1 aliphatic rings. The molecule has 0 unspecified atom stereocenters. The Hall–Kier alpha value is -1.75. The minimum Gasteiger partial charge on any atom is -0.445 e. The van der Waals surface area contributed by atoms with Crippen molar-refractivity contribution in [3.8, 4) is 0 Å². The zero-order chi connectivity index (χ0) is 19.6. The van der Waals surface area contributed by atoms with Crippen LogP contribution in [0.25, 0.3) is 0 Å². The number of alkyl carbamates (subject to hydrolysis) is 1. The highest BCUT2D eigenvalue weighted by molar-refractivity contribution is 5.67. The molecule has 0 bridgehead atoms. The predicted molar refractivity (Wildman–Crippen MR) is 93.6 cm³/mol. The van der Waals surface area contributed by atoms with E-state index in [1.54, 1.807) is 0 Å². The van der Waals surface area contributed by atoms with E-state index in [0.29, 0.717) is 19.4 Å². The maximum absolute atomic E-state index is 11.6. The maximum atomic E-state index is 11.6.